The van der Waals surface area contributed by atoms with Crippen LogP contribution in [0.25, 0.3) is 0 Å². The summed E-state index contributed by atoms with van der Waals surface area (Å²) in [6, 6.07) is 8.56. The molecule has 1 aromatic carbocycles. The van der Waals surface area contributed by atoms with Crippen LogP contribution in [0, 0.1) is 0 Å². The van der Waals surface area contributed by atoms with Crippen molar-refractivity contribution in [3.05, 3.63) is 29.8 Å². The average Bonchev–Trinajstić information content (AvgIpc) is 2.29. The zero-order valence-corrected chi connectivity index (χ0v) is 11.1. The molecule has 96 valence electrons. The van der Waals surface area contributed by atoms with Crippen LogP contribution >= 0.6 is 0 Å². The lowest BCUT2D eigenvalue weighted by atomic mass is 10.2. The average molecular weight is 236 g/mol. The van der Waals surface area contributed by atoms with Gasteiger partial charge in [0.25, 0.3) is 0 Å². The Kier molecular flexibility index (Phi) is 6.01. The van der Waals surface area contributed by atoms with Crippen molar-refractivity contribution in [3.63, 3.8) is 0 Å². The molecule has 0 saturated heterocycles. The van der Waals surface area contributed by atoms with Gasteiger partial charge in [-0.25, -0.2) is 0 Å². The molecule has 0 spiro atoms. The fourth-order valence-electron chi connectivity index (χ4n) is 1.67. The zero-order chi connectivity index (χ0) is 12.7. The summed E-state index contributed by atoms with van der Waals surface area (Å²) >= 11 is 0. The summed E-state index contributed by atoms with van der Waals surface area (Å²) in [6.45, 7) is 6.75. The highest BCUT2D eigenvalue weighted by Crippen LogP contribution is 2.13. The van der Waals surface area contributed by atoms with E-state index in [1.807, 2.05) is 26.0 Å². The molecule has 1 aromatic rings. The number of hydrogen-bond acceptors (Lipinski definition) is 3. The van der Waals surface area contributed by atoms with Crippen molar-refractivity contribution in [1.29, 1.82) is 0 Å². The van der Waals surface area contributed by atoms with E-state index in [0.29, 0.717) is 6.61 Å². The Hall–Kier alpha value is -1.06. The molecule has 17 heavy (non-hydrogen) atoms. The maximum absolute atomic E-state index is 5.74. The van der Waals surface area contributed by atoms with Gasteiger partial charge >= 0.3 is 0 Å². The third kappa shape index (κ3) is 5.71. The highest BCUT2D eigenvalue weighted by molar-refractivity contribution is 5.27. The highest BCUT2D eigenvalue weighted by Gasteiger charge is 2.02. The Labute approximate surface area is 105 Å². The molecule has 0 heterocycles. The van der Waals surface area contributed by atoms with Crippen molar-refractivity contribution in [3.8, 4) is 5.75 Å². The van der Waals surface area contributed by atoms with Crippen LogP contribution in [0.3, 0.4) is 0 Å². The predicted molar refractivity (Wildman–Crippen MR) is 72.2 cm³/mol. The Bertz CT molecular complexity index is 309. The lowest BCUT2D eigenvalue weighted by Crippen LogP contribution is -2.25. The van der Waals surface area contributed by atoms with Crippen molar-refractivity contribution in [1.82, 2.24) is 4.90 Å². The molecule has 3 nitrogen and oxygen atoms in total. The third-order valence-electron chi connectivity index (χ3n) is 2.65. The van der Waals surface area contributed by atoms with Crippen molar-refractivity contribution in [2.45, 2.75) is 32.9 Å². The molecular weight excluding hydrogens is 212 g/mol. The van der Waals surface area contributed by atoms with E-state index in [4.69, 9.17) is 10.5 Å². The molecule has 1 unspecified atom stereocenters. The third-order valence-corrected chi connectivity index (χ3v) is 2.65. The summed E-state index contributed by atoms with van der Waals surface area (Å²) in [5.74, 6) is 0.939. The number of benzene rings is 1. The van der Waals surface area contributed by atoms with Gasteiger partial charge in [-0.1, -0.05) is 12.1 Å². The maximum atomic E-state index is 5.74. The molecule has 0 amide bonds. The van der Waals surface area contributed by atoms with Gasteiger partial charge in [0.1, 0.15) is 5.75 Å². The van der Waals surface area contributed by atoms with Crippen LogP contribution in [-0.4, -0.2) is 31.1 Å². The number of rotatable bonds is 7. The molecule has 0 aromatic heterocycles. The van der Waals surface area contributed by atoms with Gasteiger partial charge in [-0.05, 0) is 51.6 Å². The molecule has 0 fully saturated rings. The first kappa shape index (κ1) is 14.0. The SMILES string of the molecule is CCOc1ccc(CN(C)CCC(C)N)cc1. The fourth-order valence-corrected chi connectivity index (χ4v) is 1.67. The minimum Gasteiger partial charge on any atom is -0.494 e. The summed E-state index contributed by atoms with van der Waals surface area (Å²) in [6.07, 6.45) is 1.04. The first-order valence-corrected chi connectivity index (χ1v) is 6.27. The van der Waals surface area contributed by atoms with Crippen LogP contribution in [-0.2, 0) is 6.54 Å². The molecule has 2 N–H and O–H groups in total. The Morgan fingerprint density at radius 1 is 1.29 bits per heavy atom. The van der Waals surface area contributed by atoms with Gasteiger partial charge < -0.3 is 15.4 Å². The predicted octanol–water partition coefficient (Wildman–Crippen LogP) is 2.25. The molecule has 0 bridgehead atoms. The first-order valence-electron chi connectivity index (χ1n) is 6.27. The van der Waals surface area contributed by atoms with Crippen LogP contribution in [0.4, 0.5) is 0 Å². The summed E-state index contributed by atoms with van der Waals surface area (Å²) in [7, 11) is 2.12. The van der Waals surface area contributed by atoms with Gasteiger partial charge in [-0.15, -0.1) is 0 Å². The summed E-state index contributed by atoms with van der Waals surface area (Å²) < 4.78 is 5.41. The van der Waals surface area contributed by atoms with E-state index in [2.05, 4.69) is 24.1 Å². The molecule has 0 aliphatic rings. The van der Waals surface area contributed by atoms with E-state index in [9.17, 15) is 0 Å². The van der Waals surface area contributed by atoms with Gasteiger partial charge in [0.15, 0.2) is 0 Å². The monoisotopic (exact) mass is 236 g/mol. The topological polar surface area (TPSA) is 38.5 Å². The number of nitrogens with two attached hydrogens (primary N) is 1. The molecule has 0 aliphatic carbocycles. The van der Waals surface area contributed by atoms with Crippen molar-refractivity contribution < 1.29 is 4.74 Å². The van der Waals surface area contributed by atoms with E-state index < -0.39 is 0 Å². The molecule has 3 heteroatoms. The summed E-state index contributed by atoms with van der Waals surface area (Å²) in [5, 5.41) is 0. The van der Waals surface area contributed by atoms with E-state index in [1.165, 1.54) is 5.56 Å². The van der Waals surface area contributed by atoms with Crippen LogP contribution in [0.15, 0.2) is 24.3 Å². The molecule has 1 rings (SSSR count). The quantitative estimate of drug-likeness (QED) is 0.789. The van der Waals surface area contributed by atoms with Gasteiger partial charge in [0.2, 0.25) is 0 Å². The molecule has 0 aliphatic heterocycles. The molecule has 0 saturated carbocycles. The Balaban J connectivity index is 2.40. The van der Waals surface area contributed by atoms with Crippen LogP contribution in [0.2, 0.25) is 0 Å². The largest absolute Gasteiger partial charge is 0.494 e. The summed E-state index contributed by atoms with van der Waals surface area (Å²) in [5.41, 5.74) is 7.05. The number of nitrogens with zero attached hydrogens (tertiary/aromatic N) is 1. The minimum atomic E-state index is 0.276. The number of ether oxygens (including phenoxy) is 1. The zero-order valence-electron chi connectivity index (χ0n) is 11.1. The second-order valence-corrected chi connectivity index (χ2v) is 4.58. The van der Waals surface area contributed by atoms with Gasteiger partial charge in [0, 0.05) is 12.6 Å². The van der Waals surface area contributed by atoms with Gasteiger partial charge in [-0.2, -0.15) is 0 Å². The van der Waals surface area contributed by atoms with Crippen molar-refractivity contribution in [2.75, 3.05) is 20.2 Å². The van der Waals surface area contributed by atoms with Gasteiger partial charge in [-0.3, -0.25) is 0 Å². The minimum absolute atomic E-state index is 0.276. The molecule has 0 radical (unpaired) electrons. The van der Waals surface area contributed by atoms with Crippen molar-refractivity contribution in [2.24, 2.45) is 5.73 Å². The second kappa shape index (κ2) is 7.30. The van der Waals surface area contributed by atoms with E-state index in [0.717, 1.165) is 25.3 Å². The lowest BCUT2D eigenvalue weighted by molar-refractivity contribution is 0.313. The van der Waals surface area contributed by atoms with E-state index >= 15 is 0 Å². The Morgan fingerprint density at radius 3 is 2.47 bits per heavy atom. The number of hydrogen-bond donors (Lipinski definition) is 1. The normalized spacial score (nSPS) is 12.8. The smallest absolute Gasteiger partial charge is 0.119 e. The van der Waals surface area contributed by atoms with Crippen molar-refractivity contribution >= 4 is 0 Å². The van der Waals surface area contributed by atoms with Gasteiger partial charge in [0.05, 0.1) is 6.61 Å². The lowest BCUT2D eigenvalue weighted by Gasteiger charge is -2.18. The first-order chi connectivity index (χ1) is 8.11. The van der Waals surface area contributed by atoms with E-state index in [1.54, 1.807) is 0 Å². The second-order valence-electron chi connectivity index (χ2n) is 4.58. The standard InChI is InChI=1S/C14H24N2O/c1-4-17-14-7-5-13(6-8-14)11-16(3)10-9-12(2)15/h5-8,12H,4,9-11,15H2,1-3H3. The molecule has 1 atom stereocenters. The Morgan fingerprint density at radius 2 is 1.94 bits per heavy atom. The highest BCUT2D eigenvalue weighted by atomic mass is 16.5. The van der Waals surface area contributed by atoms with E-state index in [-0.39, 0.29) is 6.04 Å². The fraction of sp³-hybridized carbons (Fsp3) is 0.571. The summed E-state index contributed by atoms with van der Waals surface area (Å²) in [4.78, 5) is 2.29. The van der Waals surface area contributed by atoms with Crippen LogP contribution in [0.5, 0.6) is 5.75 Å². The molecular formula is C14H24N2O. The van der Waals surface area contributed by atoms with Crippen LogP contribution < -0.4 is 10.5 Å². The van der Waals surface area contributed by atoms with Crippen LogP contribution in [0.1, 0.15) is 25.8 Å². The maximum Gasteiger partial charge on any atom is 0.119 e.